The van der Waals surface area contributed by atoms with Crippen molar-refractivity contribution in [1.82, 2.24) is 24.8 Å². The Balaban J connectivity index is 1.70. The first-order chi connectivity index (χ1) is 12.2. The highest BCUT2D eigenvalue weighted by molar-refractivity contribution is 5.94. The molecule has 3 heterocycles. The van der Waals surface area contributed by atoms with Crippen LogP contribution in [0.2, 0.25) is 0 Å². The van der Waals surface area contributed by atoms with Crippen molar-refractivity contribution in [3.8, 4) is 11.5 Å². The summed E-state index contributed by atoms with van der Waals surface area (Å²) in [6, 6.07) is 5.57. The molecule has 1 unspecified atom stereocenters. The minimum absolute atomic E-state index is 0.196. The third-order valence-electron chi connectivity index (χ3n) is 4.35. The standard InChI is InChI=1S/C18H16FN5O/c19-13-4-1-3-12(11-13)18(25)24-10-2-5-14(24)15-16(21-7-6-20-15)17-22-8-9-23-17/h1,3-4,6-9,11,14H,2,5,10H2,(H,22,23). The van der Waals surface area contributed by atoms with E-state index >= 15 is 0 Å². The van der Waals surface area contributed by atoms with Crippen LogP contribution in [0.5, 0.6) is 0 Å². The molecule has 1 saturated heterocycles. The molecule has 1 aromatic carbocycles. The van der Waals surface area contributed by atoms with Crippen LogP contribution in [0.3, 0.4) is 0 Å². The first kappa shape index (κ1) is 15.4. The van der Waals surface area contributed by atoms with Gasteiger partial charge >= 0.3 is 0 Å². The maximum atomic E-state index is 13.5. The van der Waals surface area contributed by atoms with Crippen molar-refractivity contribution < 1.29 is 9.18 Å². The van der Waals surface area contributed by atoms with Crippen molar-refractivity contribution in [2.75, 3.05) is 6.54 Å². The van der Waals surface area contributed by atoms with Crippen molar-refractivity contribution in [3.05, 3.63) is 66.1 Å². The first-order valence-electron chi connectivity index (χ1n) is 8.11. The molecule has 0 aliphatic carbocycles. The number of likely N-dealkylation sites (tertiary alicyclic amines) is 1. The van der Waals surface area contributed by atoms with Crippen LogP contribution < -0.4 is 0 Å². The second kappa shape index (κ2) is 6.43. The summed E-state index contributed by atoms with van der Waals surface area (Å²) in [6.45, 7) is 0.605. The molecule has 4 rings (SSSR count). The molecule has 7 heteroatoms. The maximum Gasteiger partial charge on any atom is 0.254 e. The van der Waals surface area contributed by atoms with E-state index in [0.29, 0.717) is 29.3 Å². The molecular weight excluding hydrogens is 321 g/mol. The van der Waals surface area contributed by atoms with Gasteiger partial charge in [0.15, 0.2) is 5.82 Å². The number of aromatic nitrogens is 4. The lowest BCUT2D eigenvalue weighted by molar-refractivity contribution is 0.0732. The monoisotopic (exact) mass is 337 g/mol. The summed E-state index contributed by atoms with van der Waals surface area (Å²) in [7, 11) is 0. The number of H-pyrrole nitrogens is 1. The van der Waals surface area contributed by atoms with Gasteiger partial charge in [0.1, 0.15) is 11.5 Å². The van der Waals surface area contributed by atoms with Crippen LogP contribution in [-0.2, 0) is 0 Å². The molecule has 2 aromatic heterocycles. The minimum atomic E-state index is -0.419. The number of nitrogens with one attached hydrogen (secondary N) is 1. The van der Waals surface area contributed by atoms with E-state index in [2.05, 4.69) is 19.9 Å². The Labute approximate surface area is 143 Å². The topological polar surface area (TPSA) is 74.8 Å². The van der Waals surface area contributed by atoms with Crippen molar-refractivity contribution in [1.29, 1.82) is 0 Å². The van der Waals surface area contributed by atoms with Crippen LogP contribution >= 0.6 is 0 Å². The summed E-state index contributed by atoms with van der Waals surface area (Å²) in [5.41, 5.74) is 1.69. The van der Waals surface area contributed by atoms with Crippen LogP contribution in [0, 0.1) is 5.82 Å². The summed E-state index contributed by atoms with van der Waals surface area (Å²) < 4.78 is 13.5. The highest BCUT2D eigenvalue weighted by atomic mass is 19.1. The van der Waals surface area contributed by atoms with E-state index in [4.69, 9.17) is 0 Å². The van der Waals surface area contributed by atoms with Crippen molar-refractivity contribution in [3.63, 3.8) is 0 Å². The summed E-state index contributed by atoms with van der Waals surface area (Å²) in [6.07, 6.45) is 8.24. The fourth-order valence-electron chi connectivity index (χ4n) is 3.25. The van der Waals surface area contributed by atoms with Gasteiger partial charge in [-0.1, -0.05) is 6.07 Å². The highest BCUT2D eigenvalue weighted by Gasteiger charge is 2.34. The van der Waals surface area contributed by atoms with Crippen LogP contribution in [-0.4, -0.2) is 37.3 Å². The Bertz CT molecular complexity index is 896. The van der Waals surface area contributed by atoms with Crippen molar-refractivity contribution in [2.45, 2.75) is 18.9 Å². The number of imidazole rings is 1. The van der Waals surface area contributed by atoms with Gasteiger partial charge in [0, 0.05) is 36.9 Å². The van der Waals surface area contributed by atoms with Gasteiger partial charge in [-0.15, -0.1) is 0 Å². The van der Waals surface area contributed by atoms with Crippen LogP contribution in [0.4, 0.5) is 4.39 Å². The number of carbonyl (C=O) groups excluding carboxylic acids is 1. The molecule has 1 aliphatic rings. The average Bonchev–Trinajstić information content (AvgIpc) is 3.33. The van der Waals surface area contributed by atoms with Crippen LogP contribution in [0.15, 0.2) is 49.1 Å². The van der Waals surface area contributed by atoms with Gasteiger partial charge in [-0.05, 0) is 31.0 Å². The Morgan fingerprint density at radius 3 is 2.88 bits per heavy atom. The fourth-order valence-corrected chi connectivity index (χ4v) is 3.25. The highest BCUT2D eigenvalue weighted by Crippen LogP contribution is 2.35. The van der Waals surface area contributed by atoms with Gasteiger partial charge in [-0.2, -0.15) is 0 Å². The summed E-state index contributed by atoms with van der Waals surface area (Å²) >= 11 is 0. The number of halogens is 1. The molecule has 1 aliphatic heterocycles. The number of hydrogen-bond donors (Lipinski definition) is 1. The molecular formula is C18H16FN5O. The predicted molar refractivity (Wildman–Crippen MR) is 89.0 cm³/mol. The zero-order valence-electron chi connectivity index (χ0n) is 13.4. The number of benzene rings is 1. The van der Waals surface area contributed by atoms with E-state index in [9.17, 15) is 9.18 Å². The number of rotatable bonds is 3. The third-order valence-corrected chi connectivity index (χ3v) is 4.35. The lowest BCUT2D eigenvalue weighted by Crippen LogP contribution is -2.31. The van der Waals surface area contributed by atoms with Crippen molar-refractivity contribution in [2.24, 2.45) is 0 Å². The maximum absolute atomic E-state index is 13.5. The number of nitrogens with zero attached hydrogens (tertiary/aromatic N) is 4. The van der Waals surface area contributed by atoms with E-state index in [1.54, 1.807) is 41.8 Å². The Kier molecular flexibility index (Phi) is 3.97. The lowest BCUT2D eigenvalue weighted by atomic mass is 10.1. The normalized spacial score (nSPS) is 17.0. The van der Waals surface area contributed by atoms with E-state index in [1.165, 1.54) is 12.1 Å². The molecule has 0 bridgehead atoms. The van der Waals surface area contributed by atoms with Crippen molar-refractivity contribution >= 4 is 5.91 Å². The first-order valence-corrected chi connectivity index (χ1v) is 8.11. The molecule has 0 saturated carbocycles. The summed E-state index contributed by atoms with van der Waals surface area (Å²) in [4.78, 5) is 30.8. The summed E-state index contributed by atoms with van der Waals surface area (Å²) in [5.74, 6) is 0.00331. The van der Waals surface area contributed by atoms with Crippen LogP contribution in [0.1, 0.15) is 34.9 Å². The number of carbonyl (C=O) groups is 1. The molecule has 1 atom stereocenters. The smallest absolute Gasteiger partial charge is 0.254 e. The molecule has 3 aromatic rings. The Hall–Kier alpha value is -3.09. The Morgan fingerprint density at radius 1 is 1.20 bits per heavy atom. The van der Waals surface area contributed by atoms with Crippen LogP contribution in [0.25, 0.3) is 11.5 Å². The lowest BCUT2D eigenvalue weighted by Gasteiger charge is -2.25. The molecule has 0 spiro atoms. The average molecular weight is 337 g/mol. The largest absolute Gasteiger partial charge is 0.343 e. The molecule has 0 radical (unpaired) electrons. The van der Waals surface area contributed by atoms with E-state index in [-0.39, 0.29) is 11.9 Å². The molecule has 25 heavy (non-hydrogen) atoms. The number of aromatic amines is 1. The SMILES string of the molecule is O=C(c1cccc(F)c1)N1CCCC1c1nccnc1-c1ncc[nH]1. The molecule has 6 nitrogen and oxygen atoms in total. The van der Waals surface area contributed by atoms with E-state index < -0.39 is 5.82 Å². The zero-order chi connectivity index (χ0) is 17.2. The predicted octanol–water partition coefficient (Wildman–Crippen LogP) is 2.98. The molecule has 1 fully saturated rings. The number of amides is 1. The molecule has 126 valence electrons. The molecule has 1 amide bonds. The second-order valence-corrected chi connectivity index (χ2v) is 5.89. The van der Waals surface area contributed by atoms with E-state index in [1.807, 2.05) is 0 Å². The summed E-state index contributed by atoms with van der Waals surface area (Å²) in [5, 5.41) is 0. The van der Waals surface area contributed by atoms with Gasteiger partial charge < -0.3 is 9.88 Å². The van der Waals surface area contributed by atoms with Gasteiger partial charge in [0.25, 0.3) is 5.91 Å². The van der Waals surface area contributed by atoms with Gasteiger partial charge in [-0.3, -0.25) is 9.78 Å². The van der Waals surface area contributed by atoms with Gasteiger partial charge in [-0.25, -0.2) is 14.4 Å². The van der Waals surface area contributed by atoms with E-state index in [0.717, 1.165) is 12.8 Å². The minimum Gasteiger partial charge on any atom is -0.343 e. The number of hydrogen-bond acceptors (Lipinski definition) is 4. The quantitative estimate of drug-likeness (QED) is 0.797. The molecule has 1 N–H and O–H groups in total. The third kappa shape index (κ3) is 2.88. The van der Waals surface area contributed by atoms with Gasteiger partial charge in [0.05, 0.1) is 11.7 Å². The zero-order valence-corrected chi connectivity index (χ0v) is 13.4. The second-order valence-electron chi connectivity index (χ2n) is 5.89. The fraction of sp³-hybridized carbons (Fsp3) is 0.222. The Morgan fingerprint density at radius 2 is 2.08 bits per heavy atom. The van der Waals surface area contributed by atoms with Gasteiger partial charge in [0.2, 0.25) is 0 Å².